The Labute approximate surface area is 115 Å². The standard InChI is InChI=1S/C11H18N6O3/c1-2-20-11(19)13-7-4-3-5-17(6-7)9(18)8-14-10(12)16-15-8/h7H,2-6H2,1H3,(H,13,19)(H3,12,14,15,16). The summed E-state index contributed by atoms with van der Waals surface area (Å²) in [5, 5.41) is 8.85. The lowest BCUT2D eigenvalue weighted by atomic mass is 10.1. The van der Waals surface area contributed by atoms with Crippen LogP contribution in [0.15, 0.2) is 0 Å². The molecular weight excluding hydrogens is 264 g/mol. The molecule has 1 aliphatic heterocycles. The molecule has 1 atom stereocenters. The van der Waals surface area contributed by atoms with Crippen molar-refractivity contribution in [2.45, 2.75) is 25.8 Å². The van der Waals surface area contributed by atoms with Gasteiger partial charge in [0.1, 0.15) is 0 Å². The quantitative estimate of drug-likeness (QED) is 0.701. The van der Waals surface area contributed by atoms with Crippen molar-refractivity contribution in [1.29, 1.82) is 0 Å². The lowest BCUT2D eigenvalue weighted by molar-refractivity contribution is 0.0674. The topological polar surface area (TPSA) is 126 Å². The van der Waals surface area contributed by atoms with Crippen LogP contribution in [0.3, 0.4) is 0 Å². The van der Waals surface area contributed by atoms with Crippen LogP contribution in [-0.2, 0) is 4.74 Å². The van der Waals surface area contributed by atoms with Crippen LogP contribution in [0.25, 0.3) is 0 Å². The molecule has 9 heteroatoms. The van der Waals surface area contributed by atoms with Crippen molar-refractivity contribution in [3.63, 3.8) is 0 Å². The molecule has 2 rings (SSSR count). The first-order chi connectivity index (χ1) is 9.60. The number of nitrogen functional groups attached to an aromatic ring is 1. The third kappa shape index (κ3) is 3.37. The van der Waals surface area contributed by atoms with Crippen LogP contribution in [0.1, 0.15) is 30.4 Å². The Balaban J connectivity index is 1.93. The summed E-state index contributed by atoms with van der Waals surface area (Å²) in [4.78, 5) is 29.0. The van der Waals surface area contributed by atoms with Gasteiger partial charge >= 0.3 is 6.09 Å². The number of aromatic amines is 1. The van der Waals surface area contributed by atoms with E-state index < -0.39 is 6.09 Å². The SMILES string of the molecule is CCOC(=O)NC1CCCN(C(=O)c2nc(N)n[nH]2)C1. The molecule has 0 saturated carbocycles. The largest absolute Gasteiger partial charge is 0.450 e. The lowest BCUT2D eigenvalue weighted by Crippen LogP contribution is -2.49. The maximum Gasteiger partial charge on any atom is 0.407 e. The number of amides is 2. The number of anilines is 1. The molecule has 2 amide bonds. The van der Waals surface area contributed by atoms with Gasteiger partial charge in [0.15, 0.2) is 0 Å². The number of H-pyrrole nitrogens is 1. The Morgan fingerprint density at radius 3 is 3.05 bits per heavy atom. The van der Waals surface area contributed by atoms with Crippen molar-refractivity contribution >= 4 is 17.9 Å². The van der Waals surface area contributed by atoms with Gasteiger partial charge in [-0.3, -0.25) is 9.89 Å². The van der Waals surface area contributed by atoms with Gasteiger partial charge in [0, 0.05) is 19.1 Å². The predicted octanol–water partition coefficient (Wildman–Crippen LogP) is -0.262. The molecule has 0 aliphatic carbocycles. The first-order valence-electron chi connectivity index (χ1n) is 6.50. The van der Waals surface area contributed by atoms with Gasteiger partial charge in [-0.05, 0) is 19.8 Å². The highest BCUT2D eigenvalue weighted by Crippen LogP contribution is 2.12. The van der Waals surface area contributed by atoms with Crippen LogP contribution in [-0.4, -0.2) is 57.8 Å². The Hall–Kier alpha value is -2.32. The van der Waals surface area contributed by atoms with Crippen LogP contribution in [0, 0.1) is 0 Å². The monoisotopic (exact) mass is 282 g/mol. The molecule has 20 heavy (non-hydrogen) atoms. The molecule has 0 aromatic carbocycles. The Kier molecular flexibility index (Phi) is 4.38. The first-order valence-corrected chi connectivity index (χ1v) is 6.50. The van der Waals surface area contributed by atoms with Gasteiger partial charge in [-0.1, -0.05) is 0 Å². The fraction of sp³-hybridized carbons (Fsp3) is 0.636. The number of likely N-dealkylation sites (tertiary alicyclic amines) is 1. The van der Waals surface area contributed by atoms with Gasteiger partial charge in [0.05, 0.1) is 6.61 Å². The minimum absolute atomic E-state index is 0.0339. The molecule has 1 aromatic rings. The highest BCUT2D eigenvalue weighted by atomic mass is 16.5. The number of hydrogen-bond donors (Lipinski definition) is 3. The number of nitrogens with two attached hydrogens (primary N) is 1. The van der Waals surface area contributed by atoms with E-state index in [1.807, 2.05) is 0 Å². The summed E-state index contributed by atoms with van der Waals surface area (Å²) in [5.41, 5.74) is 5.37. The zero-order chi connectivity index (χ0) is 14.5. The highest BCUT2D eigenvalue weighted by molar-refractivity contribution is 5.90. The van der Waals surface area contributed by atoms with Crippen LogP contribution < -0.4 is 11.1 Å². The average molecular weight is 282 g/mol. The molecule has 4 N–H and O–H groups in total. The Bertz CT molecular complexity index is 488. The number of carbonyl (C=O) groups is 2. The van der Waals surface area contributed by atoms with Crippen molar-refractivity contribution in [3.8, 4) is 0 Å². The maximum atomic E-state index is 12.2. The number of carbonyl (C=O) groups excluding carboxylic acids is 2. The zero-order valence-corrected chi connectivity index (χ0v) is 11.3. The molecule has 0 radical (unpaired) electrons. The smallest absolute Gasteiger partial charge is 0.407 e. The summed E-state index contributed by atoms with van der Waals surface area (Å²) >= 11 is 0. The summed E-state index contributed by atoms with van der Waals surface area (Å²) in [6.45, 7) is 3.09. The Morgan fingerprint density at radius 1 is 1.60 bits per heavy atom. The van der Waals surface area contributed by atoms with Crippen molar-refractivity contribution in [2.24, 2.45) is 0 Å². The maximum absolute atomic E-state index is 12.2. The van der Waals surface area contributed by atoms with E-state index >= 15 is 0 Å². The number of hydrogen-bond acceptors (Lipinski definition) is 6. The highest BCUT2D eigenvalue weighted by Gasteiger charge is 2.27. The van der Waals surface area contributed by atoms with Gasteiger partial charge in [0.25, 0.3) is 5.91 Å². The third-order valence-electron chi connectivity index (χ3n) is 3.01. The molecule has 2 heterocycles. The van der Waals surface area contributed by atoms with Crippen molar-refractivity contribution in [2.75, 3.05) is 25.4 Å². The van der Waals surface area contributed by atoms with Crippen LogP contribution in [0.2, 0.25) is 0 Å². The second-order valence-electron chi connectivity index (χ2n) is 4.50. The fourth-order valence-corrected chi connectivity index (χ4v) is 2.14. The van der Waals surface area contributed by atoms with Gasteiger partial charge in [-0.25, -0.2) is 4.79 Å². The minimum Gasteiger partial charge on any atom is -0.450 e. The van der Waals surface area contributed by atoms with Crippen LogP contribution in [0.5, 0.6) is 0 Å². The van der Waals surface area contributed by atoms with Gasteiger partial charge in [-0.2, -0.15) is 4.98 Å². The van der Waals surface area contributed by atoms with E-state index in [4.69, 9.17) is 10.5 Å². The van der Waals surface area contributed by atoms with E-state index in [-0.39, 0.29) is 23.7 Å². The molecule has 1 aliphatic rings. The van der Waals surface area contributed by atoms with Gasteiger partial charge < -0.3 is 20.7 Å². The van der Waals surface area contributed by atoms with E-state index in [0.717, 1.165) is 12.8 Å². The molecule has 1 saturated heterocycles. The van der Waals surface area contributed by atoms with Gasteiger partial charge in [0.2, 0.25) is 11.8 Å². The number of alkyl carbamates (subject to hydrolysis) is 1. The Morgan fingerprint density at radius 2 is 2.40 bits per heavy atom. The van der Waals surface area contributed by atoms with E-state index in [1.165, 1.54) is 0 Å². The normalized spacial score (nSPS) is 18.6. The second kappa shape index (κ2) is 6.22. The van der Waals surface area contributed by atoms with E-state index in [9.17, 15) is 9.59 Å². The van der Waals surface area contributed by atoms with Crippen molar-refractivity contribution in [1.82, 2.24) is 25.4 Å². The molecule has 0 spiro atoms. The number of ether oxygens (including phenoxy) is 1. The third-order valence-corrected chi connectivity index (χ3v) is 3.01. The fourth-order valence-electron chi connectivity index (χ4n) is 2.14. The minimum atomic E-state index is -0.462. The molecule has 0 bridgehead atoms. The summed E-state index contributed by atoms with van der Waals surface area (Å²) in [7, 11) is 0. The molecule has 1 unspecified atom stereocenters. The van der Waals surface area contributed by atoms with E-state index in [0.29, 0.717) is 19.7 Å². The first kappa shape index (κ1) is 14.1. The molecule has 1 aromatic heterocycles. The molecular formula is C11H18N6O3. The summed E-state index contributed by atoms with van der Waals surface area (Å²) in [6.07, 6.45) is 1.14. The predicted molar refractivity (Wildman–Crippen MR) is 69.9 cm³/mol. The number of nitrogens with zero attached hydrogens (tertiary/aromatic N) is 3. The molecule has 9 nitrogen and oxygen atoms in total. The number of piperidine rings is 1. The average Bonchev–Trinajstić information content (AvgIpc) is 2.85. The van der Waals surface area contributed by atoms with Crippen LogP contribution in [0.4, 0.5) is 10.7 Å². The van der Waals surface area contributed by atoms with E-state index in [2.05, 4.69) is 20.5 Å². The summed E-state index contributed by atoms with van der Waals surface area (Å²) < 4.78 is 4.83. The number of rotatable bonds is 3. The van der Waals surface area contributed by atoms with Gasteiger partial charge in [-0.15, -0.1) is 5.10 Å². The number of aromatic nitrogens is 3. The van der Waals surface area contributed by atoms with Crippen LogP contribution >= 0.6 is 0 Å². The van der Waals surface area contributed by atoms with Crippen molar-refractivity contribution in [3.05, 3.63) is 5.82 Å². The zero-order valence-electron chi connectivity index (χ0n) is 11.3. The summed E-state index contributed by atoms with van der Waals surface area (Å²) in [6, 6.07) is -0.119. The second-order valence-corrected chi connectivity index (χ2v) is 4.50. The van der Waals surface area contributed by atoms with Crippen molar-refractivity contribution < 1.29 is 14.3 Å². The lowest BCUT2D eigenvalue weighted by Gasteiger charge is -2.32. The number of nitrogens with one attached hydrogen (secondary N) is 2. The molecule has 110 valence electrons. The summed E-state index contributed by atoms with van der Waals surface area (Å²) in [5.74, 6) is -0.129. The van der Waals surface area contributed by atoms with E-state index in [1.54, 1.807) is 11.8 Å². The molecule has 1 fully saturated rings.